The minimum Gasteiger partial charge on any atom is -0.469 e. The molecule has 2 atom stereocenters. The van der Waals surface area contributed by atoms with Gasteiger partial charge in [0.1, 0.15) is 5.76 Å². The molecule has 2 aliphatic heterocycles. The molecule has 0 N–H and O–H groups in total. The van der Waals surface area contributed by atoms with Crippen LogP contribution in [0.15, 0.2) is 47.1 Å². The van der Waals surface area contributed by atoms with Crippen molar-refractivity contribution in [1.82, 2.24) is 9.80 Å². The van der Waals surface area contributed by atoms with Crippen molar-refractivity contribution < 1.29 is 13.9 Å². The van der Waals surface area contributed by atoms with Gasteiger partial charge in [-0.05, 0) is 18.6 Å². The Hall–Kier alpha value is -2.11. The second kappa shape index (κ2) is 6.42. The molecular formula is C19H22N2O3. The van der Waals surface area contributed by atoms with Crippen LogP contribution in [0.5, 0.6) is 0 Å². The van der Waals surface area contributed by atoms with Gasteiger partial charge in [0.25, 0.3) is 5.91 Å². The number of fused-ring (bicyclic) bond motifs is 1. The predicted octanol–water partition coefficient (Wildman–Crippen LogP) is 2.31. The zero-order valence-corrected chi connectivity index (χ0v) is 13.9. The topological polar surface area (TPSA) is 45.9 Å². The fourth-order valence-electron chi connectivity index (χ4n) is 3.72. The summed E-state index contributed by atoms with van der Waals surface area (Å²) in [6.45, 7) is 5.72. The number of likely N-dealkylation sites (tertiary alicyclic amines) is 1. The summed E-state index contributed by atoms with van der Waals surface area (Å²) < 4.78 is 11.2. The maximum atomic E-state index is 12.7. The van der Waals surface area contributed by atoms with E-state index in [9.17, 15) is 4.79 Å². The van der Waals surface area contributed by atoms with E-state index in [4.69, 9.17) is 9.15 Å². The van der Waals surface area contributed by atoms with Gasteiger partial charge in [-0.15, -0.1) is 0 Å². The average Bonchev–Trinajstić information content (AvgIpc) is 3.22. The molecule has 0 bridgehead atoms. The number of ether oxygens (including phenoxy) is 1. The highest BCUT2D eigenvalue weighted by Gasteiger charge is 2.42. The third-order valence-electron chi connectivity index (χ3n) is 5.02. The lowest BCUT2D eigenvalue weighted by atomic mass is 10.1. The number of benzene rings is 1. The van der Waals surface area contributed by atoms with Gasteiger partial charge in [0.05, 0.1) is 30.6 Å². The van der Waals surface area contributed by atoms with Crippen LogP contribution in [-0.4, -0.2) is 54.1 Å². The van der Waals surface area contributed by atoms with Gasteiger partial charge in [0, 0.05) is 26.2 Å². The van der Waals surface area contributed by atoms with E-state index in [-0.39, 0.29) is 18.1 Å². The quantitative estimate of drug-likeness (QED) is 0.868. The van der Waals surface area contributed by atoms with Crippen LogP contribution < -0.4 is 0 Å². The van der Waals surface area contributed by atoms with Crippen molar-refractivity contribution >= 4 is 5.91 Å². The molecule has 0 unspecified atom stereocenters. The van der Waals surface area contributed by atoms with E-state index in [1.165, 1.54) is 5.56 Å². The van der Waals surface area contributed by atoms with Crippen molar-refractivity contribution in [2.75, 3.05) is 26.2 Å². The van der Waals surface area contributed by atoms with Gasteiger partial charge in [-0.2, -0.15) is 0 Å². The molecule has 0 aliphatic carbocycles. The monoisotopic (exact) mass is 326 g/mol. The summed E-state index contributed by atoms with van der Waals surface area (Å²) in [6.07, 6.45) is 1.67. The first-order valence-corrected chi connectivity index (χ1v) is 8.45. The molecule has 2 saturated heterocycles. The number of amides is 1. The van der Waals surface area contributed by atoms with Crippen LogP contribution in [0.25, 0.3) is 0 Å². The lowest BCUT2D eigenvalue weighted by molar-refractivity contribution is -0.0503. The molecule has 0 saturated carbocycles. The van der Waals surface area contributed by atoms with Crippen molar-refractivity contribution in [2.45, 2.75) is 25.6 Å². The van der Waals surface area contributed by atoms with E-state index in [1.54, 1.807) is 12.3 Å². The van der Waals surface area contributed by atoms with Crippen molar-refractivity contribution in [3.8, 4) is 0 Å². The minimum atomic E-state index is 0.0407. The van der Waals surface area contributed by atoms with E-state index in [2.05, 4.69) is 29.2 Å². The summed E-state index contributed by atoms with van der Waals surface area (Å²) in [6, 6.07) is 12.5. The van der Waals surface area contributed by atoms with Crippen LogP contribution in [0.2, 0.25) is 0 Å². The SMILES string of the molecule is Cc1occc1C(=O)N1C[C@@H]2[C@@H](C1)OCCN2Cc1ccccc1. The summed E-state index contributed by atoms with van der Waals surface area (Å²) in [5, 5.41) is 0. The number of carbonyl (C=O) groups excluding carboxylic acids is 1. The summed E-state index contributed by atoms with van der Waals surface area (Å²) in [5.74, 6) is 0.718. The van der Waals surface area contributed by atoms with E-state index in [1.807, 2.05) is 17.9 Å². The van der Waals surface area contributed by atoms with Gasteiger partial charge in [-0.25, -0.2) is 0 Å². The highest BCUT2D eigenvalue weighted by atomic mass is 16.5. The van der Waals surface area contributed by atoms with Gasteiger partial charge in [0.15, 0.2) is 0 Å². The number of nitrogens with zero attached hydrogens (tertiary/aromatic N) is 2. The minimum absolute atomic E-state index is 0.0407. The van der Waals surface area contributed by atoms with E-state index in [0.717, 1.165) is 19.7 Å². The van der Waals surface area contributed by atoms with E-state index >= 15 is 0 Å². The van der Waals surface area contributed by atoms with Gasteiger partial charge >= 0.3 is 0 Å². The van der Waals surface area contributed by atoms with Crippen LogP contribution in [-0.2, 0) is 11.3 Å². The first-order chi connectivity index (χ1) is 11.7. The van der Waals surface area contributed by atoms with E-state index < -0.39 is 0 Å². The standard InChI is InChI=1S/C19H22N2O3/c1-14-16(7-9-23-14)19(22)21-12-17-18(13-21)24-10-8-20(17)11-15-5-3-2-4-6-15/h2-7,9,17-18H,8,10-13H2,1H3/t17-,18-/m1/s1. The Labute approximate surface area is 141 Å². The summed E-state index contributed by atoms with van der Waals surface area (Å²) in [7, 11) is 0. The third-order valence-corrected chi connectivity index (χ3v) is 5.02. The fourth-order valence-corrected chi connectivity index (χ4v) is 3.72. The second-order valence-corrected chi connectivity index (χ2v) is 6.53. The van der Waals surface area contributed by atoms with Gasteiger partial charge in [-0.3, -0.25) is 9.69 Å². The van der Waals surface area contributed by atoms with Crippen LogP contribution in [0.1, 0.15) is 21.7 Å². The second-order valence-electron chi connectivity index (χ2n) is 6.53. The van der Waals surface area contributed by atoms with Gasteiger partial charge in [0.2, 0.25) is 0 Å². The van der Waals surface area contributed by atoms with Crippen LogP contribution in [0, 0.1) is 6.92 Å². The van der Waals surface area contributed by atoms with Gasteiger partial charge in [-0.1, -0.05) is 30.3 Å². The molecule has 5 heteroatoms. The zero-order chi connectivity index (χ0) is 16.5. The number of hydrogen-bond donors (Lipinski definition) is 0. The maximum Gasteiger partial charge on any atom is 0.257 e. The normalized spacial score (nSPS) is 24.1. The van der Waals surface area contributed by atoms with Crippen molar-refractivity contribution in [3.05, 3.63) is 59.5 Å². The molecule has 2 fully saturated rings. The van der Waals surface area contributed by atoms with Crippen molar-refractivity contribution in [1.29, 1.82) is 0 Å². The van der Waals surface area contributed by atoms with Crippen molar-refractivity contribution in [2.24, 2.45) is 0 Å². The molecule has 2 aromatic rings. The number of rotatable bonds is 3. The Bertz CT molecular complexity index is 712. The summed E-state index contributed by atoms with van der Waals surface area (Å²) in [5.41, 5.74) is 1.96. The first-order valence-electron chi connectivity index (χ1n) is 8.45. The molecular weight excluding hydrogens is 304 g/mol. The number of carbonyl (C=O) groups is 1. The molecule has 24 heavy (non-hydrogen) atoms. The molecule has 2 aliphatic rings. The summed E-state index contributed by atoms with van der Waals surface area (Å²) >= 11 is 0. The molecule has 1 aromatic carbocycles. The number of furan rings is 1. The average molecular weight is 326 g/mol. The molecule has 3 heterocycles. The van der Waals surface area contributed by atoms with Crippen LogP contribution in [0.4, 0.5) is 0 Å². The highest BCUT2D eigenvalue weighted by Crippen LogP contribution is 2.26. The highest BCUT2D eigenvalue weighted by molar-refractivity contribution is 5.95. The Kier molecular flexibility index (Phi) is 4.12. The van der Waals surface area contributed by atoms with Gasteiger partial charge < -0.3 is 14.1 Å². The first kappa shape index (κ1) is 15.4. The smallest absolute Gasteiger partial charge is 0.257 e. The Morgan fingerprint density at radius 2 is 2.04 bits per heavy atom. The van der Waals surface area contributed by atoms with E-state index in [0.29, 0.717) is 24.4 Å². The number of hydrogen-bond acceptors (Lipinski definition) is 4. The predicted molar refractivity (Wildman–Crippen MR) is 89.7 cm³/mol. The molecule has 5 nitrogen and oxygen atoms in total. The molecule has 126 valence electrons. The Balaban J connectivity index is 1.48. The molecule has 0 radical (unpaired) electrons. The largest absolute Gasteiger partial charge is 0.469 e. The molecule has 1 amide bonds. The van der Waals surface area contributed by atoms with Crippen LogP contribution in [0.3, 0.4) is 0 Å². The lowest BCUT2D eigenvalue weighted by Crippen LogP contribution is -2.50. The number of morpholine rings is 1. The Morgan fingerprint density at radius 3 is 2.79 bits per heavy atom. The van der Waals surface area contributed by atoms with Crippen LogP contribution >= 0.6 is 0 Å². The van der Waals surface area contributed by atoms with Crippen molar-refractivity contribution in [3.63, 3.8) is 0 Å². The molecule has 1 aromatic heterocycles. The molecule has 0 spiro atoms. The maximum absolute atomic E-state index is 12.7. The lowest BCUT2D eigenvalue weighted by Gasteiger charge is -2.36. The molecule has 4 rings (SSSR count). The fraction of sp³-hybridized carbons (Fsp3) is 0.421. The number of aryl methyl sites for hydroxylation is 1. The summed E-state index contributed by atoms with van der Waals surface area (Å²) in [4.78, 5) is 17.1. The zero-order valence-electron chi connectivity index (χ0n) is 13.9. The Morgan fingerprint density at radius 1 is 1.21 bits per heavy atom. The third kappa shape index (κ3) is 2.85.